The Morgan fingerprint density at radius 3 is 2.45 bits per heavy atom. The molecule has 122 valence electrons. The van der Waals surface area contributed by atoms with Crippen molar-refractivity contribution < 1.29 is 18.7 Å². The van der Waals surface area contributed by atoms with E-state index in [0.29, 0.717) is 19.5 Å². The van der Waals surface area contributed by atoms with E-state index in [-0.39, 0.29) is 17.9 Å². The van der Waals surface area contributed by atoms with E-state index in [1.807, 2.05) is 0 Å². The van der Waals surface area contributed by atoms with Crippen molar-refractivity contribution in [3.63, 3.8) is 0 Å². The number of halogens is 2. The minimum atomic E-state index is -0.679. The van der Waals surface area contributed by atoms with Crippen LogP contribution in [0.3, 0.4) is 0 Å². The molecule has 0 aromatic heterocycles. The van der Waals surface area contributed by atoms with Gasteiger partial charge in [-0.15, -0.1) is 0 Å². The van der Waals surface area contributed by atoms with E-state index in [9.17, 15) is 13.6 Å². The van der Waals surface area contributed by atoms with E-state index in [0.717, 1.165) is 25.0 Å². The summed E-state index contributed by atoms with van der Waals surface area (Å²) in [7, 11) is 0. The van der Waals surface area contributed by atoms with Crippen LogP contribution in [-0.2, 0) is 0 Å². The van der Waals surface area contributed by atoms with E-state index in [1.54, 1.807) is 11.8 Å². The quantitative estimate of drug-likeness (QED) is 0.782. The number of hydrogen-bond acceptors (Lipinski definition) is 3. The van der Waals surface area contributed by atoms with Crippen molar-refractivity contribution in [1.82, 2.24) is 5.32 Å². The minimum Gasteiger partial charge on any atom is -0.393 e. The smallest absolute Gasteiger partial charge is 0.319 e. The first kappa shape index (κ1) is 16.5. The van der Waals surface area contributed by atoms with Gasteiger partial charge in [-0.1, -0.05) is 0 Å². The molecule has 5 nitrogen and oxygen atoms in total. The highest BCUT2D eigenvalue weighted by atomic mass is 19.1. The fourth-order valence-electron chi connectivity index (χ4n) is 2.45. The largest absolute Gasteiger partial charge is 0.393 e. The number of carbonyl (C=O) groups is 1. The standard InChI is InChI=1S/C15H21F2N3O2/c1-10(21)4-5-18-15(22)19-11-8-12(16)14(13(17)9-11)20-6-2-3-7-20/h8-10,21H,2-7H2,1H3,(H2,18,19,22). The van der Waals surface area contributed by atoms with Crippen LogP contribution in [0.15, 0.2) is 12.1 Å². The molecule has 1 fully saturated rings. The molecule has 0 aliphatic carbocycles. The maximum absolute atomic E-state index is 14.1. The summed E-state index contributed by atoms with van der Waals surface area (Å²) in [5.74, 6) is -1.36. The average molecular weight is 313 g/mol. The molecule has 2 amide bonds. The van der Waals surface area contributed by atoms with Gasteiger partial charge in [0.25, 0.3) is 0 Å². The first-order valence-electron chi connectivity index (χ1n) is 7.44. The predicted molar refractivity (Wildman–Crippen MR) is 81.1 cm³/mol. The van der Waals surface area contributed by atoms with E-state index in [4.69, 9.17) is 5.11 Å². The molecule has 1 saturated heterocycles. The lowest BCUT2D eigenvalue weighted by Gasteiger charge is -2.20. The molecule has 1 aromatic carbocycles. The van der Waals surface area contributed by atoms with Gasteiger partial charge in [0.1, 0.15) is 5.69 Å². The van der Waals surface area contributed by atoms with Crippen molar-refractivity contribution in [1.29, 1.82) is 0 Å². The number of amides is 2. The van der Waals surface area contributed by atoms with Gasteiger partial charge in [0, 0.05) is 25.3 Å². The number of rotatable bonds is 5. The molecular weight excluding hydrogens is 292 g/mol. The van der Waals surface area contributed by atoms with Gasteiger partial charge in [0.05, 0.1) is 6.10 Å². The highest BCUT2D eigenvalue weighted by molar-refractivity contribution is 5.89. The van der Waals surface area contributed by atoms with Gasteiger partial charge in [-0.25, -0.2) is 13.6 Å². The second kappa shape index (κ2) is 7.40. The Morgan fingerprint density at radius 2 is 1.91 bits per heavy atom. The summed E-state index contributed by atoms with van der Waals surface area (Å²) in [6.45, 7) is 3.17. The molecule has 1 aromatic rings. The van der Waals surface area contributed by atoms with Gasteiger partial charge in [-0.05, 0) is 38.3 Å². The van der Waals surface area contributed by atoms with Crippen LogP contribution >= 0.6 is 0 Å². The van der Waals surface area contributed by atoms with Crippen LogP contribution in [0.1, 0.15) is 26.2 Å². The zero-order valence-electron chi connectivity index (χ0n) is 12.5. The first-order chi connectivity index (χ1) is 10.5. The zero-order chi connectivity index (χ0) is 16.1. The Hall–Kier alpha value is -1.89. The molecule has 1 heterocycles. The van der Waals surface area contributed by atoms with E-state index >= 15 is 0 Å². The van der Waals surface area contributed by atoms with Crippen molar-refractivity contribution >= 4 is 17.4 Å². The van der Waals surface area contributed by atoms with Gasteiger partial charge in [-0.2, -0.15) is 0 Å². The molecule has 0 saturated carbocycles. The second-order valence-electron chi connectivity index (χ2n) is 5.50. The predicted octanol–water partition coefficient (Wildman–Crippen LogP) is 2.46. The molecule has 0 radical (unpaired) electrons. The summed E-state index contributed by atoms with van der Waals surface area (Å²) in [5, 5.41) is 14.0. The summed E-state index contributed by atoms with van der Waals surface area (Å²) in [6, 6.07) is 1.67. The van der Waals surface area contributed by atoms with Crippen LogP contribution in [0, 0.1) is 11.6 Å². The molecule has 2 rings (SSSR count). The third-order valence-corrected chi connectivity index (χ3v) is 3.54. The Morgan fingerprint density at radius 1 is 1.32 bits per heavy atom. The maximum Gasteiger partial charge on any atom is 0.319 e. The number of carbonyl (C=O) groups excluding carboxylic acids is 1. The van der Waals surface area contributed by atoms with E-state index in [1.165, 1.54) is 0 Å². The SMILES string of the molecule is CC(O)CCNC(=O)Nc1cc(F)c(N2CCCC2)c(F)c1. The van der Waals surface area contributed by atoms with Gasteiger partial charge in [0.2, 0.25) is 0 Å². The average Bonchev–Trinajstić information content (AvgIpc) is 2.91. The summed E-state index contributed by atoms with van der Waals surface area (Å²) in [5.41, 5.74) is 0.0325. The molecule has 22 heavy (non-hydrogen) atoms. The van der Waals surface area contributed by atoms with Crippen LogP contribution in [0.25, 0.3) is 0 Å². The number of urea groups is 1. The van der Waals surface area contributed by atoms with Crippen LogP contribution in [-0.4, -0.2) is 36.9 Å². The minimum absolute atomic E-state index is 0.0300. The van der Waals surface area contributed by atoms with E-state index in [2.05, 4.69) is 10.6 Å². The lowest BCUT2D eigenvalue weighted by molar-refractivity contribution is 0.184. The number of anilines is 2. The molecule has 1 aliphatic heterocycles. The summed E-state index contributed by atoms with van der Waals surface area (Å²) in [6.07, 6.45) is 1.73. The second-order valence-corrected chi connectivity index (χ2v) is 5.50. The molecule has 1 unspecified atom stereocenters. The third-order valence-electron chi connectivity index (χ3n) is 3.54. The number of aliphatic hydroxyl groups excluding tert-OH is 1. The monoisotopic (exact) mass is 313 g/mol. The summed E-state index contributed by atoms with van der Waals surface area (Å²) in [4.78, 5) is 13.3. The number of hydrogen-bond donors (Lipinski definition) is 3. The van der Waals surface area contributed by atoms with Crippen molar-refractivity contribution in [3.8, 4) is 0 Å². The fraction of sp³-hybridized carbons (Fsp3) is 0.533. The molecule has 7 heteroatoms. The Bertz CT molecular complexity index is 509. The van der Waals surface area contributed by atoms with E-state index < -0.39 is 23.8 Å². The van der Waals surface area contributed by atoms with Gasteiger partial charge in [-0.3, -0.25) is 0 Å². The van der Waals surface area contributed by atoms with Crippen molar-refractivity contribution in [2.75, 3.05) is 29.9 Å². The number of nitrogens with one attached hydrogen (secondary N) is 2. The van der Waals surface area contributed by atoms with Crippen LogP contribution in [0.4, 0.5) is 25.0 Å². The fourth-order valence-corrected chi connectivity index (χ4v) is 2.45. The molecular formula is C15H21F2N3O2. The third kappa shape index (κ3) is 4.30. The Labute approximate surface area is 128 Å². The number of benzene rings is 1. The number of nitrogens with zero attached hydrogens (tertiary/aromatic N) is 1. The van der Waals surface area contributed by atoms with Crippen LogP contribution in [0.5, 0.6) is 0 Å². The normalized spacial score (nSPS) is 15.7. The lowest BCUT2D eigenvalue weighted by atomic mass is 10.2. The maximum atomic E-state index is 14.1. The molecule has 1 aliphatic rings. The first-order valence-corrected chi connectivity index (χ1v) is 7.44. The molecule has 3 N–H and O–H groups in total. The molecule has 0 bridgehead atoms. The topological polar surface area (TPSA) is 64.6 Å². The summed E-state index contributed by atoms with van der Waals surface area (Å²) < 4.78 is 28.2. The highest BCUT2D eigenvalue weighted by Gasteiger charge is 2.21. The summed E-state index contributed by atoms with van der Waals surface area (Å²) >= 11 is 0. The Balaban J connectivity index is 1.99. The van der Waals surface area contributed by atoms with Gasteiger partial charge < -0.3 is 20.6 Å². The Kier molecular flexibility index (Phi) is 5.54. The van der Waals surface area contributed by atoms with Crippen molar-refractivity contribution in [2.45, 2.75) is 32.3 Å². The van der Waals surface area contributed by atoms with Gasteiger partial charge in [0.15, 0.2) is 11.6 Å². The van der Waals surface area contributed by atoms with Crippen molar-refractivity contribution in [2.24, 2.45) is 0 Å². The van der Waals surface area contributed by atoms with Crippen molar-refractivity contribution in [3.05, 3.63) is 23.8 Å². The van der Waals surface area contributed by atoms with Crippen LogP contribution < -0.4 is 15.5 Å². The zero-order valence-corrected chi connectivity index (χ0v) is 12.5. The highest BCUT2D eigenvalue weighted by Crippen LogP contribution is 2.29. The lowest BCUT2D eigenvalue weighted by Crippen LogP contribution is -2.31. The molecule has 0 spiro atoms. The number of aliphatic hydroxyl groups is 1. The van der Waals surface area contributed by atoms with Gasteiger partial charge >= 0.3 is 6.03 Å². The molecule has 1 atom stereocenters. The van der Waals surface area contributed by atoms with Crippen LogP contribution in [0.2, 0.25) is 0 Å².